The molecule has 1 unspecified atom stereocenters. The molecule has 1 atom stereocenters. The number of anilines is 1. The number of hydrogen-bond acceptors (Lipinski definition) is 4. The van der Waals surface area contributed by atoms with E-state index in [0.717, 1.165) is 62.3 Å². The molecule has 0 fully saturated rings. The molecule has 0 radical (unpaired) electrons. The SMILES string of the molecule is CCCCN(CCCC)C(C)C(=O)c1ccc2c(c1)NCCO2. The number of unbranched alkanes of at least 4 members (excludes halogenated alkanes) is 2. The van der Waals surface area contributed by atoms with Gasteiger partial charge >= 0.3 is 0 Å². The fourth-order valence-corrected chi connectivity index (χ4v) is 2.92. The van der Waals surface area contributed by atoms with Gasteiger partial charge in [0.15, 0.2) is 5.78 Å². The van der Waals surface area contributed by atoms with Crippen molar-refractivity contribution in [1.82, 2.24) is 4.90 Å². The molecule has 1 heterocycles. The summed E-state index contributed by atoms with van der Waals surface area (Å²) < 4.78 is 5.59. The van der Waals surface area contributed by atoms with E-state index in [1.54, 1.807) is 0 Å². The summed E-state index contributed by atoms with van der Waals surface area (Å²) in [4.78, 5) is 15.2. The zero-order chi connectivity index (χ0) is 16.7. The fraction of sp³-hybridized carbons (Fsp3) is 0.632. The van der Waals surface area contributed by atoms with Gasteiger partial charge in [0.25, 0.3) is 0 Å². The second-order valence-corrected chi connectivity index (χ2v) is 6.27. The first-order valence-electron chi connectivity index (χ1n) is 8.96. The number of ketones is 1. The topological polar surface area (TPSA) is 41.6 Å². The Morgan fingerprint density at radius 1 is 1.26 bits per heavy atom. The Bertz CT molecular complexity index is 508. The zero-order valence-corrected chi connectivity index (χ0v) is 14.7. The van der Waals surface area contributed by atoms with E-state index >= 15 is 0 Å². The minimum Gasteiger partial charge on any atom is -0.490 e. The van der Waals surface area contributed by atoms with Crippen molar-refractivity contribution in [3.05, 3.63) is 23.8 Å². The van der Waals surface area contributed by atoms with Gasteiger partial charge in [0, 0.05) is 12.1 Å². The highest BCUT2D eigenvalue weighted by Gasteiger charge is 2.23. The number of nitrogens with one attached hydrogen (secondary N) is 1. The highest BCUT2D eigenvalue weighted by atomic mass is 16.5. The van der Waals surface area contributed by atoms with E-state index in [1.807, 2.05) is 25.1 Å². The summed E-state index contributed by atoms with van der Waals surface area (Å²) in [5.41, 5.74) is 1.70. The third-order valence-electron chi connectivity index (χ3n) is 4.46. The molecule has 0 amide bonds. The molecule has 0 aliphatic carbocycles. The number of carbonyl (C=O) groups excluding carboxylic acids is 1. The van der Waals surface area contributed by atoms with Crippen LogP contribution in [0.15, 0.2) is 18.2 Å². The molecule has 0 bridgehead atoms. The normalized spacial score (nSPS) is 14.8. The van der Waals surface area contributed by atoms with Crippen molar-refractivity contribution in [2.75, 3.05) is 31.6 Å². The lowest BCUT2D eigenvalue weighted by atomic mass is 10.0. The summed E-state index contributed by atoms with van der Waals surface area (Å²) in [5, 5.41) is 3.30. The fourth-order valence-electron chi connectivity index (χ4n) is 2.92. The van der Waals surface area contributed by atoms with Crippen molar-refractivity contribution in [1.29, 1.82) is 0 Å². The standard InChI is InChI=1S/C19H30N2O2/c1-4-6-11-21(12-7-5-2)15(3)19(22)16-8-9-18-17(14-16)20-10-13-23-18/h8-9,14-15,20H,4-7,10-13H2,1-3H3. The number of benzene rings is 1. The molecule has 0 spiro atoms. The quantitative estimate of drug-likeness (QED) is 0.700. The van der Waals surface area contributed by atoms with Crippen LogP contribution in [0, 0.1) is 0 Å². The van der Waals surface area contributed by atoms with Crippen molar-refractivity contribution in [3.63, 3.8) is 0 Å². The number of fused-ring (bicyclic) bond motifs is 1. The van der Waals surface area contributed by atoms with Gasteiger partial charge in [-0.2, -0.15) is 0 Å². The highest BCUT2D eigenvalue weighted by molar-refractivity contribution is 6.01. The van der Waals surface area contributed by atoms with Crippen molar-refractivity contribution in [2.24, 2.45) is 0 Å². The predicted octanol–water partition coefficient (Wildman–Crippen LogP) is 3.96. The minimum atomic E-state index is -0.0735. The molecule has 1 aliphatic rings. The Morgan fingerprint density at radius 3 is 2.61 bits per heavy atom. The maximum Gasteiger partial charge on any atom is 0.179 e. The molecule has 4 nitrogen and oxygen atoms in total. The van der Waals surface area contributed by atoms with Crippen LogP contribution in [0.3, 0.4) is 0 Å². The Balaban J connectivity index is 2.09. The van der Waals surface area contributed by atoms with Crippen LogP contribution in [0.2, 0.25) is 0 Å². The molecule has 1 N–H and O–H groups in total. The Morgan fingerprint density at radius 2 is 1.96 bits per heavy atom. The van der Waals surface area contributed by atoms with E-state index in [-0.39, 0.29) is 11.8 Å². The van der Waals surface area contributed by atoms with Crippen LogP contribution in [-0.2, 0) is 0 Å². The second kappa shape index (κ2) is 8.92. The van der Waals surface area contributed by atoms with Crippen LogP contribution < -0.4 is 10.1 Å². The lowest BCUT2D eigenvalue weighted by molar-refractivity contribution is 0.0833. The predicted molar refractivity (Wildman–Crippen MR) is 95.6 cm³/mol. The average molecular weight is 318 g/mol. The Labute approximate surface area is 140 Å². The van der Waals surface area contributed by atoms with Gasteiger partial charge in [0.05, 0.1) is 11.7 Å². The van der Waals surface area contributed by atoms with Gasteiger partial charge in [0.1, 0.15) is 12.4 Å². The van der Waals surface area contributed by atoms with Gasteiger partial charge < -0.3 is 10.1 Å². The summed E-state index contributed by atoms with van der Waals surface area (Å²) in [7, 11) is 0. The summed E-state index contributed by atoms with van der Waals surface area (Å²) in [6.45, 7) is 9.89. The summed E-state index contributed by atoms with van der Waals surface area (Å²) in [6.07, 6.45) is 4.59. The third kappa shape index (κ3) is 4.71. The molecule has 23 heavy (non-hydrogen) atoms. The summed E-state index contributed by atoms with van der Waals surface area (Å²) >= 11 is 0. The summed E-state index contributed by atoms with van der Waals surface area (Å²) in [6, 6.07) is 5.66. The molecular weight excluding hydrogens is 288 g/mol. The lowest BCUT2D eigenvalue weighted by Crippen LogP contribution is -2.40. The van der Waals surface area contributed by atoms with Gasteiger partial charge in [-0.1, -0.05) is 26.7 Å². The van der Waals surface area contributed by atoms with Gasteiger partial charge in [-0.25, -0.2) is 0 Å². The zero-order valence-electron chi connectivity index (χ0n) is 14.7. The molecule has 0 saturated carbocycles. The van der Waals surface area contributed by atoms with Gasteiger partial charge in [-0.15, -0.1) is 0 Å². The van der Waals surface area contributed by atoms with Gasteiger partial charge in [-0.3, -0.25) is 9.69 Å². The Hall–Kier alpha value is -1.55. The molecule has 1 aromatic rings. The maximum absolute atomic E-state index is 12.9. The minimum absolute atomic E-state index is 0.0735. The van der Waals surface area contributed by atoms with Crippen LogP contribution in [0.5, 0.6) is 5.75 Å². The van der Waals surface area contributed by atoms with E-state index in [9.17, 15) is 4.79 Å². The second-order valence-electron chi connectivity index (χ2n) is 6.27. The van der Waals surface area contributed by atoms with E-state index < -0.39 is 0 Å². The first-order chi connectivity index (χ1) is 11.2. The van der Waals surface area contributed by atoms with Gasteiger partial charge in [-0.05, 0) is 51.1 Å². The molecule has 128 valence electrons. The molecule has 1 aliphatic heterocycles. The molecule has 0 aromatic heterocycles. The van der Waals surface area contributed by atoms with Crippen LogP contribution >= 0.6 is 0 Å². The van der Waals surface area contributed by atoms with E-state index in [4.69, 9.17) is 4.74 Å². The Kier molecular flexibility index (Phi) is 6.90. The van der Waals surface area contributed by atoms with E-state index in [0.29, 0.717) is 6.61 Å². The molecule has 0 saturated heterocycles. The summed E-state index contributed by atoms with van der Waals surface area (Å²) in [5.74, 6) is 1.04. The average Bonchev–Trinajstić information content (AvgIpc) is 2.60. The van der Waals surface area contributed by atoms with E-state index in [2.05, 4.69) is 24.1 Å². The van der Waals surface area contributed by atoms with Crippen LogP contribution in [0.25, 0.3) is 0 Å². The molecule has 4 heteroatoms. The largest absolute Gasteiger partial charge is 0.490 e. The number of nitrogens with zero attached hydrogens (tertiary/aromatic N) is 1. The molecule has 1 aromatic carbocycles. The smallest absolute Gasteiger partial charge is 0.179 e. The first-order valence-corrected chi connectivity index (χ1v) is 8.96. The van der Waals surface area contributed by atoms with Crippen LogP contribution in [0.4, 0.5) is 5.69 Å². The van der Waals surface area contributed by atoms with Crippen molar-refractivity contribution < 1.29 is 9.53 Å². The van der Waals surface area contributed by atoms with Crippen LogP contribution in [0.1, 0.15) is 56.8 Å². The number of hydrogen-bond donors (Lipinski definition) is 1. The van der Waals surface area contributed by atoms with Crippen molar-refractivity contribution in [2.45, 2.75) is 52.5 Å². The van der Waals surface area contributed by atoms with E-state index in [1.165, 1.54) is 0 Å². The molecule has 2 rings (SSSR count). The maximum atomic E-state index is 12.9. The van der Waals surface area contributed by atoms with Gasteiger partial charge in [0.2, 0.25) is 0 Å². The molecular formula is C19H30N2O2. The number of Topliss-reactive ketones (excluding diaryl/α,β-unsaturated/α-hetero) is 1. The highest BCUT2D eigenvalue weighted by Crippen LogP contribution is 2.28. The van der Waals surface area contributed by atoms with Crippen molar-refractivity contribution in [3.8, 4) is 5.75 Å². The third-order valence-corrected chi connectivity index (χ3v) is 4.46. The number of carbonyl (C=O) groups is 1. The number of ether oxygens (including phenoxy) is 1. The van der Waals surface area contributed by atoms with Crippen LogP contribution in [-0.4, -0.2) is 43.0 Å². The monoisotopic (exact) mass is 318 g/mol. The lowest BCUT2D eigenvalue weighted by Gasteiger charge is -2.28. The number of rotatable bonds is 9. The first kappa shape index (κ1) is 17.8. The van der Waals surface area contributed by atoms with Crippen molar-refractivity contribution >= 4 is 11.5 Å².